The summed E-state index contributed by atoms with van der Waals surface area (Å²) in [5.74, 6) is -0.311. The molecule has 7 nitrogen and oxygen atoms in total. The van der Waals surface area contributed by atoms with Crippen LogP contribution in [0.4, 0.5) is 18.9 Å². The standard InChI is InChI=1S/C12H8BrF3N6O/c1-23-10-8(12(14,15)16)2-7(3-9(10)13)18-5-6(4-17)11-19-21-22-20-11/h2-3,5,18H,1H3,(H,19,20,21,22). The number of tetrazole rings is 1. The number of anilines is 1. The van der Waals surface area contributed by atoms with E-state index in [2.05, 4.69) is 41.9 Å². The fourth-order valence-corrected chi connectivity index (χ4v) is 2.30. The third kappa shape index (κ3) is 3.78. The molecule has 2 aromatic rings. The van der Waals surface area contributed by atoms with E-state index in [9.17, 15) is 13.2 Å². The lowest BCUT2D eigenvalue weighted by Gasteiger charge is -2.15. The van der Waals surface area contributed by atoms with Gasteiger partial charge in [-0.1, -0.05) is 0 Å². The zero-order chi connectivity index (χ0) is 17.0. The molecule has 2 rings (SSSR count). The normalized spacial score (nSPS) is 11.9. The number of rotatable bonds is 4. The van der Waals surface area contributed by atoms with Gasteiger partial charge in [-0.2, -0.15) is 23.6 Å². The van der Waals surface area contributed by atoms with Crippen molar-refractivity contribution in [1.29, 1.82) is 5.26 Å². The average molecular weight is 389 g/mol. The van der Waals surface area contributed by atoms with Crippen molar-refractivity contribution < 1.29 is 17.9 Å². The summed E-state index contributed by atoms with van der Waals surface area (Å²) in [6, 6.07) is 4.06. The highest BCUT2D eigenvalue weighted by Gasteiger charge is 2.35. The predicted octanol–water partition coefficient (Wildman–Crippen LogP) is 2.97. The van der Waals surface area contributed by atoms with Gasteiger partial charge in [0.05, 0.1) is 11.6 Å². The number of nitrogens with one attached hydrogen (secondary N) is 2. The monoisotopic (exact) mass is 388 g/mol. The molecule has 2 N–H and O–H groups in total. The van der Waals surface area contributed by atoms with Crippen molar-refractivity contribution in [2.75, 3.05) is 12.4 Å². The Morgan fingerprint density at radius 3 is 2.74 bits per heavy atom. The number of aromatic nitrogens is 4. The Morgan fingerprint density at radius 2 is 2.22 bits per heavy atom. The minimum absolute atomic E-state index is 0.000695. The zero-order valence-electron chi connectivity index (χ0n) is 11.4. The first kappa shape index (κ1) is 16.8. The smallest absolute Gasteiger partial charge is 0.420 e. The van der Waals surface area contributed by atoms with Gasteiger partial charge in [-0.15, -0.1) is 10.2 Å². The van der Waals surface area contributed by atoms with Crippen LogP contribution in [-0.2, 0) is 6.18 Å². The first-order valence-corrected chi connectivity index (χ1v) is 6.71. The Kier molecular flexibility index (Phi) is 4.85. The Balaban J connectivity index is 2.38. The maximum absolute atomic E-state index is 13.1. The number of hydrogen-bond donors (Lipinski definition) is 2. The van der Waals surface area contributed by atoms with Crippen LogP contribution in [0.15, 0.2) is 22.8 Å². The molecule has 1 aromatic carbocycles. The lowest BCUT2D eigenvalue weighted by atomic mass is 10.1. The lowest BCUT2D eigenvalue weighted by Crippen LogP contribution is -2.08. The third-order valence-electron chi connectivity index (χ3n) is 2.64. The maximum Gasteiger partial charge on any atom is 0.420 e. The SMILES string of the molecule is COc1c(Br)cc(NC=C(C#N)c2nn[nH]n2)cc1C(F)(F)F. The van der Waals surface area contributed by atoms with Gasteiger partial charge in [0.25, 0.3) is 0 Å². The molecule has 0 fully saturated rings. The van der Waals surface area contributed by atoms with E-state index in [4.69, 9.17) is 10.00 Å². The molecule has 0 radical (unpaired) electrons. The van der Waals surface area contributed by atoms with E-state index < -0.39 is 11.7 Å². The van der Waals surface area contributed by atoms with Crippen LogP contribution in [0.5, 0.6) is 5.75 Å². The van der Waals surface area contributed by atoms with Crippen molar-refractivity contribution >= 4 is 27.2 Å². The minimum atomic E-state index is -4.60. The number of nitrogens with zero attached hydrogens (tertiary/aromatic N) is 4. The van der Waals surface area contributed by atoms with E-state index >= 15 is 0 Å². The van der Waals surface area contributed by atoms with E-state index in [-0.39, 0.29) is 27.3 Å². The quantitative estimate of drug-likeness (QED) is 0.781. The van der Waals surface area contributed by atoms with Gasteiger partial charge in [0.15, 0.2) is 0 Å². The fraction of sp³-hybridized carbons (Fsp3) is 0.167. The van der Waals surface area contributed by atoms with Crippen molar-refractivity contribution in [1.82, 2.24) is 20.6 Å². The fourth-order valence-electron chi connectivity index (χ4n) is 1.67. The lowest BCUT2D eigenvalue weighted by molar-refractivity contribution is -0.138. The molecule has 0 unspecified atom stereocenters. The molecule has 0 amide bonds. The first-order valence-electron chi connectivity index (χ1n) is 5.92. The maximum atomic E-state index is 13.1. The van der Waals surface area contributed by atoms with Crippen molar-refractivity contribution in [3.05, 3.63) is 34.2 Å². The van der Waals surface area contributed by atoms with Gasteiger partial charge in [-0.25, -0.2) is 0 Å². The molecule has 0 aliphatic carbocycles. The summed E-state index contributed by atoms with van der Waals surface area (Å²) in [5, 5.41) is 24.3. The van der Waals surface area contributed by atoms with Crippen LogP contribution in [0.1, 0.15) is 11.4 Å². The number of benzene rings is 1. The molecule has 0 atom stereocenters. The van der Waals surface area contributed by atoms with Crippen molar-refractivity contribution in [3.63, 3.8) is 0 Å². The van der Waals surface area contributed by atoms with Gasteiger partial charge in [0.2, 0.25) is 5.82 Å². The summed E-state index contributed by atoms with van der Waals surface area (Å²) in [5.41, 5.74) is -0.858. The number of hydrogen-bond acceptors (Lipinski definition) is 6. The average Bonchev–Trinajstić information content (AvgIpc) is 3.00. The number of aromatic amines is 1. The predicted molar refractivity (Wildman–Crippen MR) is 77.1 cm³/mol. The number of ether oxygens (including phenoxy) is 1. The van der Waals surface area contributed by atoms with Crippen LogP contribution < -0.4 is 10.1 Å². The minimum Gasteiger partial charge on any atom is -0.495 e. The summed E-state index contributed by atoms with van der Waals surface area (Å²) in [7, 11) is 1.15. The Labute approximate surface area is 136 Å². The van der Waals surface area contributed by atoms with Gasteiger partial charge < -0.3 is 10.1 Å². The number of allylic oxidation sites excluding steroid dienone is 1. The van der Waals surface area contributed by atoms with Gasteiger partial charge in [0.1, 0.15) is 23.0 Å². The number of nitriles is 1. The highest BCUT2D eigenvalue weighted by Crippen LogP contribution is 2.42. The van der Waals surface area contributed by atoms with Crippen molar-refractivity contribution in [3.8, 4) is 11.8 Å². The topological polar surface area (TPSA) is 99.5 Å². The van der Waals surface area contributed by atoms with Crippen LogP contribution >= 0.6 is 15.9 Å². The molecule has 1 heterocycles. The van der Waals surface area contributed by atoms with Crippen LogP contribution in [-0.4, -0.2) is 27.7 Å². The van der Waals surface area contributed by atoms with Gasteiger partial charge in [-0.3, -0.25) is 0 Å². The van der Waals surface area contributed by atoms with Crippen molar-refractivity contribution in [2.24, 2.45) is 0 Å². The van der Waals surface area contributed by atoms with E-state index in [0.29, 0.717) is 0 Å². The van der Waals surface area contributed by atoms with E-state index in [1.165, 1.54) is 12.3 Å². The summed E-state index contributed by atoms with van der Waals surface area (Å²) in [4.78, 5) is 0. The van der Waals surface area contributed by atoms with Crippen LogP contribution in [0, 0.1) is 11.3 Å². The number of halogens is 4. The molecule has 0 saturated carbocycles. The molecule has 0 spiro atoms. The van der Waals surface area contributed by atoms with Crippen LogP contribution in [0.2, 0.25) is 0 Å². The first-order chi connectivity index (χ1) is 10.9. The van der Waals surface area contributed by atoms with Gasteiger partial charge in [-0.05, 0) is 33.3 Å². The van der Waals surface area contributed by atoms with E-state index in [1.54, 1.807) is 0 Å². The largest absolute Gasteiger partial charge is 0.495 e. The Morgan fingerprint density at radius 1 is 1.48 bits per heavy atom. The molecule has 120 valence electrons. The van der Waals surface area contributed by atoms with Gasteiger partial charge >= 0.3 is 6.18 Å². The van der Waals surface area contributed by atoms with Crippen molar-refractivity contribution in [2.45, 2.75) is 6.18 Å². The summed E-state index contributed by atoms with van der Waals surface area (Å²) in [6.07, 6.45) is -3.42. The van der Waals surface area contributed by atoms with Gasteiger partial charge in [0, 0.05) is 11.9 Å². The molecule has 23 heavy (non-hydrogen) atoms. The second kappa shape index (κ2) is 6.66. The Hall–Kier alpha value is -2.61. The summed E-state index contributed by atoms with van der Waals surface area (Å²) in [6.45, 7) is 0. The zero-order valence-corrected chi connectivity index (χ0v) is 13.0. The molecular formula is C12H8BrF3N6O. The second-order valence-electron chi connectivity index (χ2n) is 4.09. The molecule has 0 saturated heterocycles. The summed E-state index contributed by atoms with van der Waals surface area (Å²) >= 11 is 3.02. The molecule has 0 aliphatic heterocycles. The van der Waals surface area contributed by atoms with Crippen LogP contribution in [0.25, 0.3) is 5.57 Å². The molecule has 11 heteroatoms. The summed E-state index contributed by atoms with van der Waals surface area (Å²) < 4.78 is 44.0. The number of alkyl halides is 3. The third-order valence-corrected chi connectivity index (χ3v) is 3.23. The molecule has 0 aliphatic rings. The van der Waals surface area contributed by atoms with E-state index in [0.717, 1.165) is 13.2 Å². The number of H-pyrrole nitrogens is 1. The highest BCUT2D eigenvalue weighted by atomic mass is 79.9. The highest BCUT2D eigenvalue weighted by molar-refractivity contribution is 9.10. The number of methoxy groups -OCH3 is 1. The van der Waals surface area contributed by atoms with E-state index in [1.807, 2.05) is 6.07 Å². The molecular weight excluding hydrogens is 381 g/mol. The Bertz CT molecular complexity index is 766. The van der Waals surface area contributed by atoms with Crippen LogP contribution in [0.3, 0.4) is 0 Å². The molecule has 0 bridgehead atoms. The second-order valence-corrected chi connectivity index (χ2v) is 4.94. The molecule has 1 aromatic heterocycles.